The predicted octanol–water partition coefficient (Wildman–Crippen LogP) is 2.01. The van der Waals surface area contributed by atoms with Gasteiger partial charge in [0.2, 0.25) is 5.95 Å². The lowest BCUT2D eigenvalue weighted by atomic mass is 10.2. The predicted molar refractivity (Wildman–Crippen MR) is 56.3 cm³/mol. The van der Waals surface area contributed by atoms with E-state index in [0.29, 0.717) is 6.07 Å². The Hall–Kier alpha value is -2.37. The standard InChI is InChI=1S/C11H7F2N3O/c12-7-2-3-8(9(13)6-7)10(17)16-11-14-4-1-5-15-11/h1-6H,(H,14,15,16,17). The normalized spacial score (nSPS) is 10.0. The van der Waals surface area contributed by atoms with Crippen molar-refractivity contribution < 1.29 is 13.6 Å². The first-order chi connectivity index (χ1) is 8.16. The number of rotatable bonds is 2. The molecule has 2 rings (SSSR count). The summed E-state index contributed by atoms with van der Waals surface area (Å²) in [6.07, 6.45) is 2.87. The summed E-state index contributed by atoms with van der Waals surface area (Å²) >= 11 is 0. The van der Waals surface area contributed by atoms with Crippen molar-refractivity contribution in [3.05, 3.63) is 53.9 Å². The Balaban J connectivity index is 2.21. The van der Waals surface area contributed by atoms with Crippen LogP contribution < -0.4 is 5.32 Å². The number of nitrogens with zero attached hydrogens (tertiary/aromatic N) is 2. The summed E-state index contributed by atoms with van der Waals surface area (Å²) in [5, 5.41) is 2.29. The maximum absolute atomic E-state index is 13.3. The van der Waals surface area contributed by atoms with E-state index in [9.17, 15) is 13.6 Å². The van der Waals surface area contributed by atoms with Crippen LogP contribution in [0.25, 0.3) is 0 Å². The average molecular weight is 235 g/mol. The molecule has 17 heavy (non-hydrogen) atoms. The van der Waals surface area contributed by atoms with Crippen LogP contribution in [-0.4, -0.2) is 15.9 Å². The van der Waals surface area contributed by atoms with E-state index in [1.54, 1.807) is 6.07 Å². The Labute approximate surface area is 95.3 Å². The van der Waals surface area contributed by atoms with Gasteiger partial charge in [0.25, 0.3) is 5.91 Å². The van der Waals surface area contributed by atoms with Crippen molar-refractivity contribution in [2.75, 3.05) is 5.32 Å². The zero-order chi connectivity index (χ0) is 12.3. The highest BCUT2D eigenvalue weighted by Crippen LogP contribution is 2.10. The van der Waals surface area contributed by atoms with Crippen molar-refractivity contribution in [3.8, 4) is 0 Å². The summed E-state index contributed by atoms with van der Waals surface area (Å²) in [5.41, 5.74) is -0.265. The minimum atomic E-state index is -0.932. The minimum absolute atomic E-state index is 0.0567. The molecule has 1 aromatic heterocycles. The summed E-state index contributed by atoms with van der Waals surface area (Å²) in [4.78, 5) is 19.1. The van der Waals surface area contributed by atoms with Gasteiger partial charge in [0.05, 0.1) is 5.56 Å². The van der Waals surface area contributed by atoms with Gasteiger partial charge in [-0.05, 0) is 18.2 Å². The van der Waals surface area contributed by atoms with Gasteiger partial charge in [-0.25, -0.2) is 18.7 Å². The van der Waals surface area contributed by atoms with E-state index in [4.69, 9.17) is 0 Å². The van der Waals surface area contributed by atoms with Crippen molar-refractivity contribution in [2.45, 2.75) is 0 Å². The molecule has 0 saturated heterocycles. The van der Waals surface area contributed by atoms with Crippen molar-refractivity contribution in [2.24, 2.45) is 0 Å². The second-order valence-corrected chi connectivity index (χ2v) is 3.15. The first-order valence-electron chi connectivity index (χ1n) is 4.70. The quantitative estimate of drug-likeness (QED) is 0.866. The Kier molecular flexibility index (Phi) is 3.04. The Morgan fingerprint density at radius 3 is 2.53 bits per heavy atom. The van der Waals surface area contributed by atoms with E-state index in [-0.39, 0.29) is 11.5 Å². The van der Waals surface area contributed by atoms with Crippen LogP contribution in [0.3, 0.4) is 0 Å². The minimum Gasteiger partial charge on any atom is -0.290 e. The second-order valence-electron chi connectivity index (χ2n) is 3.15. The van der Waals surface area contributed by atoms with Gasteiger partial charge in [-0.15, -0.1) is 0 Å². The maximum atomic E-state index is 13.3. The summed E-state index contributed by atoms with van der Waals surface area (Å²) < 4.78 is 25.9. The zero-order valence-corrected chi connectivity index (χ0v) is 8.52. The van der Waals surface area contributed by atoms with Gasteiger partial charge >= 0.3 is 0 Å². The molecule has 1 aromatic carbocycles. The van der Waals surface area contributed by atoms with Crippen LogP contribution in [0.4, 0.5) is 14.7 Å². The smallest absolute Gasteiger partial charge is 0.260 e. The van der Waals surface area contributed by atoms with E-state index >= 15 is 0 Å². The number of carbonyl (C=O) groups is 1. The van der Waals surface area contributed by atoms with Crippen LogP contribution in [-0.2, 0) is 0 Å². The number of hydrogen-bond acceptors (Lipinski definition) is 3. The first kappa shape index (κ1) is 11.1. The molecule has 4 nitrogen and oxygen atoms in total. The van der Waals surface area contributed by atoms with Crippen LogP contribution in [0.5, 0.6) is 0 Å². The molecule has 0 radical (unpaired) electrons. The summed E-state index contributed by atoms with van der Waals surface area (Å²) in [5.74, 6) is -2.34. The molecule has 0 spiro atoms. The number of halogens is 2. The molecule has 0 aliphatic carbocycles. The fourth-order valence-corrected chi connectivity index (χ4v) is 1.21. The summed E-state index contributed by atoms with van der Waals surface area (Å²) in [7, 11) is 0. The zero-order valence-electron chi connectivity index (χ0n) is 8.52. The van der Waals surface area contributed by atoms with Crippen molar-refractivity contribution >= 4 is 11.9 Å². The van der Waals surface area contributed by atoms with Gasteiger partial charge in [-0.2, -0.15) is 0 Å². The largest absolute Gasteiger partial charge is 0.290 e. The lowest BCUT2D eigenvalue weighted by Crippen LogP contribution is -2.15. The molecule has 0 saturated carbocycles. The Morgan fingerprint density at radius 1 is 1.18 bits per heavy atom. The van der Waals surface area contributed by atoms with E-state index in [0.717, 1.165) is 12.1 Å². The second kappa shape index (κ2) is 4.65. The lowest BCUT2D eigenvalue weighted by molar-refractivity contribution is 0.102. The third-order valence-electron chi connectivity index (χ3n) is 1.97. The first-order valence-corrected chi connectivity index (χ1v) is 4.70. The van der Waals surface area contributed by atoms with Crippen molar-refractivity contribution in [1.82, 2.24) is 9.97 Å². The van der Waals surface area contributed by atoms with Crippen LogP contribution >= 0.6 is 0 Å². The number of benzene rings is 1. The summed E-state index contributed by atoms with van der Waals surface area (Å²) in [6, 6.07) is 4.28. The van der Waals surface area contributed by atoms with Crippen molar-refractivity contribution in [1.29, 1.82) is 0 Å². The molecule has 1 N–H and O–H groups in total. The van der Waals surface area contributed by atoms with Crippen LogP contribution in [0.2, 0.25) is 0 Å². The number of carbonyl (C=O) groups excluding carboxylic acids is 1. The molecule has 0 aliphatic heterocycles. The van der Waals surface area contributed by atoms with Gasteiger partial charge in [-0.1, -0.05) is 0 Å². The monoisotopic (exact) mass is 235 g/mol. The Morgan fingerprint density at radius 2 is 1.88 bits per heavy atom. The Bertz CT molecular complexity index is 546. The van der Waals surface area contributed by atoms with Gasteiger partial charge < -0.3 is 0 Å². The van der Waals surface area contributed by atoms with Gasteiger partial charge in [0, 0.05) is 18.5 Å². The molecule has 1 amide bonds. The lowest BCUT2D eigenvalue weighted by Gasteiger charge is -2.03. The third-order valence-corrected chi connectivity index (χ3v) is 1.97. The van der Waals surface area contributed by atoms with Crippen LogP contribution in [0.15, 0.2) is 36.7 Å². The molecular weight excluding hydrogens is 228 g/mol. The fraction of sp³-hybridized carbons (Fsp3) is 0. The molecule has 0 fully saturated rings. The highest BCUT2D eigenvalue weighted by atomic mass is 19.1. The van der Waals surface area contributed by atoms with Crippen LogP contribution in [0, 0.1) is 11.6 Å². The molecule has 0 unspecified atom stereocenters. The van der Waals surface area contributed by atoms with Gasteiger partial charge in [-0.3, -0.25) is 10.1 Å². The topological polar surface area (TPSA) is 54.9 Å². The molecule has 6 heteroatoms. The van der Waals surface area contributed by atoms with Gasteiger partial charge in [0.15, 0.2) is 0 Å². The van der Waals surface area contributed by atoms with Crippen molar-refractivity contribution in [3.63, 3.8) is 0 Å². The highest BCUT2D eigenvalue weighted by Gasteiger charge is 2.13. The average Bonchev–Trinajstić information content (AvgIpc) is 2.30. The van der Waals surface area contributed by atoms with E-state index < -0.39 is 17.5 Å². The van der Waals surface area contributed by atoms with Crippen LogP contribution in [0.1, 0.15) is 10.4 Å². The molecule has 1 heterocycles. The molecule has 0 aliphatic rings. The third kappa shape index (κ3) is 2.60. The molecule has 0 bridgehead atoms. The van der Waals surface area contributed by atoms with E-state index in [2.05, 4.69) is 15.3 Å². The molecule has 86 valence electrons. The highest BCUT2D eigenvalue weighted by molar-refractivity contribution is 6.03. The number of amides is 1. The number of hydrogen-bond donors (Lipinski definition) is 1. The number of nitrogens with one attached hydrogen (secondary N) is 1. The number of aromatic nitrogens is 2. The van der Waals surface area contributed by atoms with E-state index in [1.807, 2.05) is 0 Å². The number of anilines is 1. The SMILES string of the molecule is O=C(Nc1ncccn1)c1ccc(F)cc1F. The van der Waals surface area contributed by atoms with E-state index in [1.165, 1.54) is 12.4 Å². The fourth-order valence-electron chi connectivity index (χ4n) is 1.21. The summed E-state index contributed by atoms with van der Waals surface area (Å²) in [6.45, 7) is 0. The van der Waals surface area contributed by atoms with Gasteiger partial charge in [0.1, 0.15) is 11.6 Å². The molecular formula is C11H7F2N3O. The molecule has 0 atom stereocenters. The molecule has 2 aromatic rings. The maximum Gasteiger partial charge on any atom is 0.260 e.